The van der Waals surface area contributed by atoms with Crippen molar-refractivity contribution >= 4 is 27.5 Å². The summed E-state index contributed by atoms with van der Waals surface area (Å²) in [4.78, 5) is 29.8. The summed E-state index contributed by atoms with van der Waals surface area (Å²) in [5, 5.41) is 2.97. The first-order chi connectivity index (χ1) is 21.8. The number of aryl methyl sites for hydroxylation is 3. The van der Waals surface area contributed by atoms with E-state index in [4.69, 9.17) is 0 Å². The zero-order valence-electron chi connectivity index (χ0n) is 27.0. The molecule has 242 valence electrons. The lowest BCUT2D eigenvalue weighted by molar-refractivity contribution is -0.140. The van der Waals surface area contributed by atoms with Crippen molar-refractivity contribution in [2.75, 3.05) is 17.4 Å². The number of carbonyl (C=O) groups is 2. The molecule has 9 heteroatoms. The minimum absolute atomic E-state index is 0.0308. The number of nitrogens with one attached hydrogen (secondary N) is 1. The Hall–Kier alpha value is -4.50. The highest BCUT2D eigenvalue weighted by Crippen LogP contribution is 2.27. The highest BCUT2D eigenvalue weighted by atomic mass is 32.2. The van der Waals surface area contributed by atoms with E-state index >= 15 is 0 Å². The van der Waals surface area contributed by atoms with Crippen LogP contribution in [0, 0.1) is 32.5 Å². The van der Waals surface area contributed by atoms with Crippen LogP contribution in [0.1, 0.15) is 41.7 Å². The van der Waals surface area contributed by atoms with Gasteiger partial charge in [0.05, 0.1) is 10.6 Å². The van der Waals surface area contributed by atoms with Gasteiger partial charge in [-0.25, -0.2) is 12.8 Å². The molecular weight excluding hydrogens is 601 g/mol. The van der Waals surface area contributed by atoms with Crippen molar-refractivity contribution in [3.8, 4) is 0 Å². The van der Waals surface area contributed by atoms with Gasteiger partial charge in [0.25, 0.3) is 10.0 Å². The number of rotatable bonds is 13. The molecule has 4 aromatic carbocycles. The normalized spacial score (nSPS) is 12.1. The van der Waals surface area contributed by atoms with Crippen molar-refractivity contribution in [2.45, 2.75) is 58.5 Å². The van der Waals surface area contributed by atoms with Crippen LogP contribution >= 0.6 is 0 Å². The minimum Gasteiger partial charge on any atom is -0.354 e. The smallest absolute Gasteiger partial charge is 0.264 e. The number of carbonyl (C=O) groups excluding carboxylic acids is 2. The van der Waals surface area contributed by atoms with Crippen molar-refractivity contribution in [1.82, 2.24) is 10.2 Å². The van der Waals surface area contributed by atoms with Crippen LogP contribution in [-0.4, -0.2) is 44.3 Å². The molecule has 0 radical (unpaired) electrons. The number of halogens is 1. The SMILES string of the molecule is Cc1ccc(S(=O)(=O)N(CC(=O)N(Cc2ccc(F)cc2)C(Cc2ccccc2)C(=O)NCC(C)C)c2cc(C)cc(C)c2)cc1. The van der Waals surface area contributed by atoms with Crippen LogP contribution in [0.15, 0.2) is 102 Å². The molecule has 0 saturated heterocycles. The summed E-state index contributed by atoms with van der Waals surface area (Å²) in [7, 11) is -4.20. The fourth-order valence-corrected chi connectivity index (χ4v) is 6.62. The maximum absolute atomic E-state index is 14.5. The molecule has 46 heavy (non-hydrogen) atoms. The molecule has 1 N–H and O–H groups in total. The molecule has 0 aromatic heterocycles. The summed E-state index contributed by atoms with van der Waals surface area (Å²) in [5.74, 6) is -1.18. The third-order valence-electron chi connectivity index (χ3n) is 7.60. The van der Waals surface area contributed by atoms with E-state index < -0.39 is 34.3 Å². The number of hydrogen-bond acceptors (Lipinski definition) is 4. The average Bonchev–Trinajstić information content (AvgIpc) is 3.01. The van der Waals surface area contributed by atoms with Gasteiger partial charge in [0.1, 0.15) is 18.4 Å². The zero-order chi connectivity index (χ0) is 33.4. The van der Waals surface area contributed by atoms with Gasteiger partial charge in [-0.05, 0) is 85.3 Å². The monoisotopic (exact) mass is 643 g/mol. The van der Waals surface area contributed by atoms with E-state index in [2.05, 4.69) is 5.32 Å². The number of anilines is 1. The summed E-state index contributed by atoms with van der Waals surface area (Å²) in [6.45, 7) is 9.37. The number of amides is 2. The summed E-state index contributed by atoms with van der Waals surface area (Å²) in [6, 6.07) is 26.0. The molecule has 0 saturated carbocycles. The summed E-state index contributed by atoms with van der Waals surface area (Å²) in [5.41, 5.74) is 4.35. The highest BCUT2D eigenvalue weighted by molar-refractivity contribution is 7.92. The number of sulfonamides is 1. The van der Waals surface area contributed by atoms with Gasteiger partial charge >= 0.3 is 0 Å². The Balaban J connectivity index is 1.82. The van der Waals surface area contributed by atoms with Crippen LogP contribution in [0.2, 0.25) is 0 Å². The van der Waals surface area contributed by atoms with Gasteiger partial charge in [-0.1, -0.05) is 80.1 Å². The molecule has 4 aromatic rings. The number of hydrogen-bond donors (Lipinski definition) is 1. The Morgan fingerprint density at radius 2 is 1.39 bits per heavy atom. The van der Waals surface area contributed by atoms with Crippen LogP contribution in [0.4, 0.5) is 10.1 Å². The quantitative estimate of drug-likeness (QED) is 0.184. The van der Waals surface area contributed by atoms with E-state index in [1.165, 1.54) is 29.2 Å². The van der Waals surface area contributed by atoms with E-state index in [0.717, 1.165) is 26.6 Å². The highest BCUT2D eigenvalue weighted by Gasteiger charge is 2.34. The maximum atomic E-state index is 14.5. The van der Waals surface area contributed by atoms with Gasteiger partial charge in [0.15, 0.2) is 0 Å². The Kier molecular flexibility index (Phi) is 11.4. The second kappa shape index (κ2) is 15.2. The molecule has 0 aliphatic rings. The Bertz CT molecular complexity index is 1720. The molecule has 1 unspecified atom stereocenters. The second-order valence-electron chi connectivity index (χ2n) is 12.2. The first-order valence-corrected chi connectivity index (χ1v) is 16.8. The molecule has 0 aliphatic heterocycles. The molecule has 0 heterocycles. The third-order valence-corrected chi connectivity index (χ3v) is 9.39. The Labute approximate surface area is 272 Å². The molecule has 7 nitrogen and oxygen atoms in total. The van der Waals surface area contributed by atoms with E-state index in [9.17, 15) is 22.4 Å². The molecule has 0 aliphatic carbocycles. The topological polar surface area (TPSA) is 86.8 Å². The van der Waals surface area contributed by atoms with Gasteiger partial charge in [0, 0.05) is 19.5 Å². The largest absolute Gasteiger partial charge is 0.354 e. The van der Waals surface area contributed by atoms with Crippen LogP contribution in [0.3, 0.4) is 0 Å². The fraction of sp³-hybridized carbons (Fsp3) is 0.297. The van der Waals surface area contributed by atoms with E-state index in [1.807, 2.05) is 71.0 Å². The summed E-state index contributed by atoms with van der Waals surface area (Å²) < 4.78 is 43.4. The second-order valence-corrected chi connectivity index (χ2v) is 14.0. The van der Waals surface area contributed by atoms with Crippen LogP contribution < -0.4 is 9.62 Å². The lowest BCUT2D eigenvalue weighted by Gasteiger charge is -2.34. The fourth-order valence-electron chi connectivity index (χ4n) is 5.22. The molecule has 4 rings (SSSR count). The maximum Gasteiger partial charge on any atom is 0.264 e. The van der Waals surface area contributed by atoms with Gasteiger partial charge in [0.2, 0.25) is 11.8 Å². The van der Waals surface area contributed by atoms with Crippen molar-refractivity contribution in [1.29, 1.82) is 0 Å². The summed E-state index contributed by atoms with van der Waals surface area (Å²) >= 11 is 0. The lowest BCUT2D eigenvalue weighted by Crippen LogP contribution is -2.53. The van der Waals surface area contributed by atoms with Crippen LogP contribution in [-0.2, 0) is 32.6 Å². The molecule has 0 spiro atoms. The predicted molar refractivity (Wildman–Crippen MR) is 180 cm³/mol. The molecular formula is C37H42FN3O4S. The van der Waals surface area contributed by atoms with Crippen molar-refractivity contribution < 1.29 is 22.4 Å². The van der Waals surface area contributed by atoms with E-state index in [0.29, 0.717) is 17.8 Å². The molecule has 0 bridgehead atoms. The van der Waals surface area contributed by atoms with Gasteiger partial charge in [-0.2, -0.15) is 0 Å². The third kappa shape index (κ3) is 9.03. The van der Waals surface area contributed by atoms with E-state index in [-0.39, 0.29) is 29.7 Å². The first-order valence-electron chi connectivity index (χ1n) is 15.4. The Morgan fingerprint density at radius 1 is 0.783 bits per heavy atom. The van der Waals surface area contributed by atoms with Crippen LogP contribution in [0.25, 0.3) is 0 Å². The van der Waals surface area contributed by atoms with Gasteiger partial charge in [-0.3, -0.25) is 13.9 Å². The average molecular weight is 644 g/mol. The molecule has 2 amide bonds. The zero-order valence-corrected chi connectivity index (χ0v) is 27.9. The standard InChI is InChI=1S/C37H42FN3O4S/c1-26(2)23-39-37(43)35(22-30-9-7-6-8-10-30)40(24-31-13-15-32(38)16-14-31)36(42)25-41(33-20-28(4)19-29(5)21-33)46(44,45)34-17-11-27(3)12-18-34/h6-21,26,35H,22-25H2,1-5H3,(H,39,43). The Morgan fingerprint density at radius 3 is 1.98 bits per heavy atom. The molecule has 0 fully saturated rings. The first kappa shape index (κ1) is 34.4. The van der Waals surface area contributed by atoms with Gasteiger partial charge < -0.3 is 10.2 Å². The van der Waals surface area contributed by atoms with Crippen molar-refractivity contribution in [3.63, 3.8) is 0 Å². The van der Waals surface area contributed by atoms with Crippen molar-refractivity contribution in [3.05, 3.63) is 131 Å². The van der Waals surface area contributed by atoms with Crippen LogP contribution in [0.5, 0.6) is 0 Å². The summed E-state index contributed by atoms with van der Waals surface area (Å²) in [6.07, 6.45) is 0.200. The lowest BCUT2D eigenvalue weighted by atomic mass is 10.0. The molecule has 1 atom stereocenters. The van der Waals surface area contributed by atoms with E-state index in [1.54, 1.807) is 36.4 Å². The van der Waals surface area contributed by atoms with Crippen molar-refractivity contribution in [2.24, 2.45) is 5.92 Å². The number of benzene rings is 4. The predicted octanol–water partition coefficient (Wildman–Crippen LogP) is 6.36. The minimum atomic E-state index is -4.20. The van der Waals surface area contributed by atoms with Gasteiger partial charge in [-0.15, -0.1) is 0 Å². The number of nitrogens with zero attached hydrogens (tertiary/aromatic N) is 2.